The zero-order valence-corrected chi connectivity index (χ0v) is 15.5. The molecule has 1 fully saturated rings. The van der Waals surface area contributed by atoms with Gasteiger partial charge in [-0.15, -0.1) is 0 Å². The maximum atomic E-state index is 13.9. The maximum absolute atomic E-state index is 13.9. The fourth-order valence-corrected chi connectivity index (χ4v) is 3.53. The van der Waals surface area contributed by atoms with Gasteiger partial charge in [0, 0.05) is 17.2 Å². The van der Waals surface area contributed by atoms with Crippen LogP contribution in [0.15, 0.2) is 36.4 Å². The number of ether oxygens (including phenoxy) is 1. The average Bonchev–Trinajstić information content (AvgIpc) is 3.27. The molecule has 8 heteroatoms. The molecule has 3 amide bonds. The lowest BCUT2D eigenvalue weighted by atomic mass is 10.1. The molecule has 2 aliphatic rings. The maximum Gasteiger partial charge on any atom is 0.261 e. The monoisotopic (exact) mass is 402 g/mol. The second-order valence-corrected chi connectivity index (χ2v) is 7.13. The summed E-state index contributed by atoms with van der Waals surface area (Å²) in [7, 11) is 0. The van der Waals surface area contributed by atoms with Gasteiger partial charge in [0.15, 0.2) is 0 Å². The highest BCUT2D eigenvalue weighted by molar-refractivity contribution is 6.30. The molecule has 0 saturated carbocycles. The second-order valence-electron chi connectivity index (χ2n) is 6.69. The van der Waals surface area contributed by atoms with Crippen LogP contribution in [0.1, 0.15) is 43.9 Å². The molecule has 0 radical (unpaired) electrons. The van der Waals surface area contributed by atoms with Crippen LogP contribution >= 0.6 is 11.6 Å². The predicted molar refractivity (Wildman–Crippen MR) is 100 cm³/mol. The summed E-state index contributed by atoms with van der Waals surface area (Å²) >= 11 is 5.70. The summed E-state index contributed by atoms with van der Waals surface area (Å²) < 4.78 is 19.4. The van der Waals surface area contributed by atoms with E-state index in [4.69, 9.17) is 16.3 Å². The number of hydrogen-bond acceptors (Lipinski definition) is 4. The van der Waals surface area contributed by atoms with Gasteiger partial charge in [0.2, 0.25) is 0 Å². The van der Waals surface area contributed by atoms with Crippen molar-refractivity contribution < 1.29 is 23.5 Å². The SMILES string of the molecule is O=C(Nc1ccc(Cl)cc1F)c1ccc2c(c1)C(=O)N(CC1CCCO1)C2=O. The van der Waals surface area contributed by atoms with E-state index in [1.54, 1.807) is 0 Å². The quantitative estimate of drug-likeness (QED) is 0.794. The van der Waals surface area contributed by atoms with E-state index in [2.05, 4.69) is 5.32 Å². The second kappa shape index (κ2) is 7.33. The Bertz CT molecular complexity index is 988. The van der Waals surface area contributed by atoms with Crippen molar-refractivity contribution in [3.8, 4) is 0 Å². The van der Waals surface area contributed by atoms with Crippen LogP contribution in [-0.2, 0) is 4.74 Å². The van der Waals surface area contributed by atoms with Crippen LogP contribution in [0, 0.1) is 5.82 Å². The van der Waals surface area contributed by atoms with Gasteiger partial charge in [-0.3, -0.25) is 19.3 Å². The van der Waals surface area contributed by atoms with Crippen molar-refractivity contribution in [1.82, 2.24) is 4.90 Å². The molecule has 2 heterocycles. The van der Waals surface area contributed by atoms with Gasteiger partial charge in [-0.2, -0.15) is 0 Å². The molecule has 1 unspecified atom stereocenters. The first kappa shape index (κ1) is 18.6. The smallest absolute Gasteiger partial charge is 0.261 e. The molecule has 1 N–H and O–H groups in total. The minimum Gasteiger partial charge on any atom is -0.376 e. The number of fused-ring (bicyclic) bond motifs is 1. The third kappa shape index (κ3) is 3.39. The van der Waals surface area contributed by atoms with Crippen LogP contribution in [0.25, 0.3) is 0 Å². The Labute approximate surface area is 165 Å². The van der Waals surface area contributed by atoms with Crippen LogP contribution in [0.2, 0.25) is 5.02 Å². The van der Waals surface area contributed by atoms with E-state index in [9.17, 15) is 18.8 Å². The van der Waals surface area contributed by atoms with E-state index in [1.165, 1.54) is 30.3 Å². The molecule has 0 spiro atoms. The largest absolute Gasteiger partial charge is 0.376 e. The van der Waals surface area contributed by atoms with Crippen LogP contribution in [0.4, 0.5) is 10.1 Å². The van der Waals surface area contributed by atoms with Crippen molar-refractivity contribution in [1.29, 1.82) is 0 Å². The van der Waals surface area contributed by atoms with Crippen molar-refractivity contribution in [3.05, 3.63) is 63.9 Å². The Hall–Kier alpha value is -2.77. The molecule has 0 bridgehead atoms. The normalized spacial score (nSPS) is 18.5. The Kier molecular flexibility index (Phi) is 4.87. The first-order valence-electron chi connectivity index (χ1n) is 8.82. The Morgan fingerprint density at radius 3 is 2.68 bits per heavy atom. The van der Waals surface area contributed by atoms with Crippen LogP contribution < -0.4 is 5.32 Å². The van der Waals surface area contributed by atoms with Gasteiger partial charge in [-0.05, 0) is 49.2 Å². The molecule has 1 atom stereocenters. The highest BCUT2D eigenvalue weighted by Crippen LogP contribution is 2.27. The zero-order chi connectivity index (χ0) is 19.8. The summed E-state index contributed by atoms with van der Waals surface area (Å²) in [5.74, 6) is -2.12. The summed E-state index contributed by atoms with van der Waals surface area (Å²) in [4.78, 5) is 38.8. The first-order chi connectivity index (χ1) is 13.4. The molecular formula is C20H16ClFN2O4. The number of carbonyl (C=O) groups is 3. The van der Waals surface area contributed by atoms with E-state index >= 15 is 0 Å². The Morgan fingerprint density at radius 2 is 1.96 bits per heavy atom. The Morgan fingerprint density at radius 1 is 1.18 bits per heavy atom. The molecular weight excluding hydrogens is 387 g/mol. The van der Waals surface area contributed by atoms with E-state index < -0.39 is 23.5 Å². The van der Waals surface area contributed by atoms with E-state index in [0.29, 0.717) is 6.61 Å². The number of nitrogens with zero attached hydrogens (tertiary/aromatic N) is 1. The molecule has 1 saturated heterocycles. The van der Waals surface area contributed by atoms with Crippen molar-refractivity contribution in [2.75, 3.05) is 18.5 Å². The molecule has 2 aliphatic heterocycles. The topological polar surface area (TPSA) is 75.7 Å². The van der Waals surface area contributed by atoms with Crippen molar-refractivity contribution >= 4 is 35.0 Å². The molecule has 0 aliphatic carbocycles. The minimum atomic E-state index is -0.670. The lowest BCUT2D eigenvalue weighted by Crippen LogP contribution is -2.36. The highest BCUT2D eigenvalue weighted by Gasteiger charge is 2.38. The number of rotatable bonds is 4. The van der Waals surface area contributed by atoms with Crippen molar-refractivity contribution in [2.24, 2.45) is 0 Å². The van der Waals surface area contributed by atoms with Crippen LogP contribution in [0.3, 0.4) is 0 Å². The number of hydrogen-bond donors (Lipinski definition) is 1. The summed E-state index contributed by atoms with van der Waals surface area (Å²) in [6.07, 6.45) is 1.55. The third-order valence-corrected chi connectivity index (χ3v) is 5.06. The summed E-state index contributed by atoms with van der Waals surface area (Å²) in [5, 5.41) is 2.65. The summed E-state index contributed by atoms with van der Waals surface area (Å²) in [5.41, 5.74) is 0.523. The lowest BCUT2D eigenvalue weighted by Gasteiger charge is -2.17. The van der Waals surface area contributed by atoms with Gasteiger partial charge in [-0.1, -0.05) is 11.6 Å². The number of nitrogens with one attached hydrogen (secondary N) is 1. The molecule has 0 aromatic heterocycles. The first-order valence-corrected chi connectivity index (χ1v) is 9.20. The Balaban J connectivity index is 1.54. The minimum absolute atomic E-state index is 0.0303. The molecule has 144 valence electrons. The fraction of sp³-hybridized carbons (Fsp3) is 0.250. The number of halogens is 2. The van der Waals surface area contributed by atoms with Gasteiger partial charge < -0.3 is 10.1 Å². The zero-order valence-electron chi connectivity index (χ0n) is 14.7. The molecule has 2 aromatic rings. The lowest BCUT2D eigenvalue weighted by molar-refractivity contribution is 0.0475. The average molecular weight is 403 g/mol. The van der Waals surface area contributed by atoms with Gasteiger partial charge in [0.25, 0.3) is 17.7 Å². The van der Waals surface area contributed by atoms with E-state index in [-0.39, 0.29) is 40.0 Å². The van der Waals surface area contributed by atoms with Crippen molar-refractivity contribution in [3.63, 3.8) is 0 Å². The third-order valence-electron chi connectivity index (χ3n) is 4.82. The number of anilines is 1. The van der Waals surface area contributed by atoms with Gasteiger partial charge in [-0.25, -0.2) is 4.39 Å². The molecule has 6 nitrogen and oxygen atoms in total. The van der Waals surface area contributed by atoms with Crippen LogP contribution in [0.5, 0.6) is 0 Å². The van der Waals surface area contributed by atoms with E-state index in [1.807, 2.05) is 0 Å². The number of imide groups is 1. The van der Waals surface area contributed by atoms with E-state index in [0.717, 1.165) is 23.8 Å². The summed E-state index contributed by atoms with van der Waals surface area (Å²) in [6, 6.07) is 8.12. The predicted octanol–water partition coefficient (Wildman–Crippen LogP) is 3.51. The molecule has 4 rings (SSSR count). The number of carbonyl (C=O) groups excluding carboxylic acids is 3. The van der Waals surface area contributed by atoms with Gasteiger partial charge in [0.1, 0.15) is 5.82 Å². The number of benzene rings is 2. The van der Waals surface area contributed by atoms with Gasteiger partial charge >= 0.3 is 0 Å². The molecule has 2 aromatic carbocycles. The number of amides is 3. The van der Waals surface area contributed by atoms with Gasteiger partial charge in [0.05, 0.1) is 29.5 Å². The summed E-state index contributed by atoms with van der Waals surface area (Å²) in [6.45, 7) is 0.823. The van der Waals surface area contributed by atoms with Crippen molar-refractivity contribution in [2.45, 2.75) is 18.9 Å². The molecule has 28 heavy (non-hydrogen) atoms. The van der Waals surface area contributed by atoms with Crippen LogP contribution in [-0.4, -0.2) is 41.9 Å². The highest BCUT2D eigenvalue weighted by atomic mass is 35.5. The standard InChI is InChI=1S/C20H16ClFN2O4/c21-12-4-6-17(16(22)9-12)23-18(25)11-3-5-14-15(8-11)20(27)24(19(14)26)10-13-2-1-7-28-13/h3-6,8-9,13H,1-2,7,10H2,(H,23,25). The fourth-order valence-electron chi connectivity index (χ4n) is 3.38.